The van der Waals surface area contributed by atoms with Gasteiger partial charge in [-0.15, -0.1) is 0 Å². The van der Waals surface area contributed by atoms with Gasteiger partial charge in [0.25, 0.3) is 0 Å². The van der Waals surface area contributed by atoms with Crippen LogP contribution in [0.3, 0.4) is 0 Å². The second kappa shape index (κ2) is 6.43. The molecule has 106 valence electrons. The Labute approximate surface area is 122 Å². The van der Waals surface area contributed by atoms with Crippen LogP contribution >= 0.6 is 11.6 Å². The van der Waals surface area contributed by atoms with E-state index in [1.165, 1.54) is 0 Å². The molecule has 0 aliphatic heterocycles. The number of urea groups is 1. The summed E-state index contributed by atoms with van der Waals surface area (Å²) in [4.78, 5) is 11.8. The zero-order valence-corrected chi connectivity index (χ0v) is 12.2. The van der Waals surface area contributed by atoms with Crippen molar-refractivity contribution in [3.8, 4) is 0 Å². The number of amides is 2. The van der Waals surface area contributed by atoms with Crippen molar-refractivity contribution < 1.29 is 4.79 Å². The van der Waals surface area contributed by atoms with Crippen molar-refractivity contribution >= 4 is 29.1 Å². The van der Waals surface area contributed by atoms with Crippen molar-refractivity contribution in [2.75, 3.05) is 10.6 Å². The van der Waals surface area contributed by atoms with Crippen molar-refractivity contribution in [2.45, 2.75) is 26.7 Å². The van der Waals surface area contributed by atoms with Crippen LogP contribution in [-0.4, -0.2) is 16.2 Å². The predicted octanol–water partition coefficient (Wildman–Crippen LogP) is 3.97. The number of halogens is 1. The van der Waals surface area contributed by atoms with Crippen LogP contribution in [-0.2, 0) is 6.42 Å². The number of nitrogens with zero attached hydrogens (tertiary/aromatic N) is 1. The van der Waals surface area contributed by atoms with Gasteiger partial charge in [-0.3, -0.25) is 10.4 Å². The molecular weight excluding hydrogens is 276 g/mol. The SMILES string of the molecule is CCCc1cc(NC(=O)Nc2ccc(C)c(Cl)c2)n[nH]1. The number of H-pyrrole nitrogens is 1. The van der Waals surface area contributed by atoms with Gasteiger partial charge in [0.1, 0.15) is 0 Å². The van der Waals surface area contributed by atoms with Crippen LogP contribution in [0.4, 0.5) is 16.3 Å². The zero-order chi connectivity index (χ0) is 14.5. The normalized spacial score (nSPS) is 10.3. The molecule has 0 aliphatic rings. The van der Waals surface area contributed by atoms with Gasteiger partial charge in [-0.1, -0.05) is 31.0 Å². The molecule has 1 aromatic carbocycles. The predicted molar refractivity (Wildman–Crippen MR) is 81.4 cm³/mol. The molecule has 0 radical (unpaired) electrons. The zero-order valence-electron chi connectivity index (χ0n) is 11.5. The Bertz CT molecular complexity index is 609. The molecule has 0 saturated heterocycles. The fourth-order valence-corrected chi connectivity index (χ4v) is 1.95. The number of aromatic nitrogens is 2. The molecule has 0 bridgehead atoms. The quantitative estimate of drug-likeness (QED) is 0.798. The Morgan fingerprint density at radius 2 is 2.15 bits per heavy atom. The number of aromatic amines is 1. The van der Waals surface area contributed by atoms with Crippen molar-refractivity contribution in [2.24, 2.45) is 0 Å². The highest BCUT2D eigenvalue weighted by Gasteiger charge is 2.06. The maximum absolute atomic E-state index is 11.8. The molecule has 0 aliphatic carbocycles. The number of carbonyl (C=O) groups excluding carboxylic acids is 1. The van der Waals surface area contributed by atoms with Gasteiger partial charge in [-0.05, 0) is 31.0 Å². The van der Waals surface area contributed by atoms with E-state index in [2.05, 4.69) is 27.8 Å². The third-order valence-corrected chi connectivity index (χ3v) is 3.23. The van der Waals surface area contributed by atoms with E-state index in [1.807, 2.05) is 19.1 Å². The largest absolute Gasteiger partial charge is 0.324 e. The summed E-state index contributed by atoms with van der Waals surface area (Å²) in [6.07, 6.45) is 1.93. The van der Waals surface area contributed by atoms with Crippen molar-refractivity contribution in [3.63, 3.8) is 0 Å². The molecule has 3 N–H and O–H groups in total. The molecule has 0 fully saturated rings. The summed E-state index contributed by atoms with van der Waals surface area (Å²) in [5.41, 5.74) is 2.61. The highest BCUT2D eigenvalue weighted by atomic mass is 35.5. The first kappa shape index (κ1) is 14.4. The minimum atomic E-state index is -0.348. The molecule has 6 heteroatoms. The highest BCUT2D eigenvalue weighted by Crippen LogP contribution is 2.20. The van der Waals surface area contributed by atoms with Crippen LogP contribution in [0.5, 0.6) is 0 Å². The van der Waals surface area contributed by atoms with Gasteiger partial charge < -0.3 is 5.32 Å². The Kier molecular flexibility index (Phi) is 4.63. The van der Waals surface area contributed by atoms with E-state index < -0.39 is 0 Å². The minimum absolute atomic E-state index is 0.348. The summed E-state index contributed by atoms with van der Waals surface area (Å²) in [6.45, 7) is 3.99. The van der Waals surface area contributed by atoms with Crippen molar-refractivity contribution in [1.82, 2.24) is 10.2 Å². The van der Waals surface area contributed by atoms with Gasteiger partial charge in [0.15, 0.2) is 5.82 Å². The fraction of sp³-hybridized carbons (Fsp3) is 0.286. The van der Waals surface area contributed by atoms with Crippen LogP contribution < -0.4 is 10.6 Å². The molecule has 2 amide bonds. The van der Waals surface area contributed by atoms with E-state index in [-0.39, 0.29) is 6.03 Å². The fourth-order valence-electron chi connectivity index (χ4n) is 1.77. The molecule has 0 unspecified atom stereocenters. The number of hydrogen-bond donors (Lipinski definition) is 3. The third kappa shape index (κ3) is 3.74. The number of carbonyl (C=O) groups is 1. The van der Waals surface area contributed by atoms with E-state index >= 15 is 0 Å². The smallest absolute Gasteiger partial charge is 0.308 e. The first-order valence-electron chi connectivity index (χ1n) is 6.47. The van der Waals surface area contributed by atoms with Gasteiger partial charge in [-0.25, -0.2) is 4.79 Å². The molecule has 0 saturated carbocycles. The van der Waals surface area contributed by atoms with Gasteiger partial charge in [0, 0.05) is 22.5 Å². The van der Waals surface area contributed by atoms with E-state index in [9.17, 15) is 4.79 Å². The summed E-state index contributed by atoms with van der Waals surface area (Å²) in [6, 6.07) is 6.84. The monoisotopic (exact) mass is 292 g/mol. The van der Waals surface area contributed by atoms with Gasteiger partial charge in [0.2, 0.25) is 0 Å². The van der Waals surface area contributed by atoms with Crippen LogP contribution in [0.2, 0.25) is 5.02 Å². The molecule has 2 aromatic rings. The number of hydrogen-bond acceptors (Lipinski definition) is 2. The lowest BCUT2D eigenvalue weighted by Gasteiger charge is -2.06. The lowest BCUT2D eigenvalue weighted by atomic mass is 10.2. The number of benzene rings is 1. The van der Waals surface area contributed by atoms with Gasteiger partial charge in [-0.2, -0.15) is 5.10 Å². The van der Waals surface area contributed by atoms with E-state index in [4.69, 9.17) is 11.6 Å². The third-order valence-electron chi connectivity index (χ3n) is 2.82. The second-order valence-corrected chi connectivity index (χ2v) is 4.98. The molecule has 20 heavy (non-hydrogen) atoms. The van der Waals surface area contributed by atoms with E-state index in [0.717, 1.165) is 24.1 Å². The maximum Gasteiger partial charge on any atom is 0.324 e. The van der Waals surface area contributed by atoms with E-state index in [0.29, 0.717) is 16.5 Å². The second-order valence-electron chi connectivity index (χ2n) is 4.57. The summed E-state index contributed by atoms with van der Waals surface area (Å²) in [5.74, 6) is 0.504. The van der Waals surface area contributed by atoms with Gasteiger partial charge >= 0.3 is 6.03 Å². The Morgan fingerprint density at radius 1 is 1.35 bits per heavy atom. The van der Waals surface area contributed by atoms with E-state index in [1.54, 1.807) is 12.1 Å². The Morgan fingerprint density at radius 3 is 2.85 bits per heavy atom. The molecule has 2 rings (SSSR count). The first-order valence-corrected chi connectivity index (χ1v) is 6.84. The summed E-state index contributed by atoms with van der Waals surface area (Å²) >= 11 is 6.01. The van der Waals surface area contributed by atoms with Crippen LogP contribution in [0.25, 0.3) is 0 Å². The standard InChI is InChI=1S/C14H17ClN4O/c1-3-4-11-8-13(19-18-11)17-14(20)16-10-6-5-9(2)12(15)7-10/h5-8H,3-4H2,1-2H3,(H3,16,17,18,19,20). The molecule has 0 spiro atoms. The highest BCUT2D eigenvalue weighted by molar-refractivity contribution is 6.31. The lowest BCUT2D eigenvalue weighted by molar-refractivity contribution is 0.262. The average molecular weight is 293 g/mol. The van der Waals surface area contributed by atoms with Gasteiger partial charge in [0.05, 0.1) is 0 Å². The summed E-state index contributed by atoms with van der Waals surface area (Å²) < 4.78 is 0. The van der Waals surface area contributed by atoms with Crippen LogP contribution in [0.1, 0.15) is 24.6 Å². The van der Waals surface area contributed by atoms with Crippen molar-refractivity contribution in [1.29, 1.82) is 0 Å². The minimum Gasteiger partial charge on any atom is -0.308 e. The van der Waals surface area contributed by atoms with Crippen LogP contribution in [0.15, 0.2) is 24.3 Å². The average Bonchev–Trinajstić information content (AvgIpc) is 2.81. The van der Waals surface area contributed by atoms with Crippen molar-refractivity contribution in [3.05, 3.63) is 40.5 Å². The number of anilines is 2. The Hall–Kier alpha value is -2.01. The summed E-state index contributed by atoms with van der Waals surface area (Å²) in [5, 5.41) is 12.9. The molecule has 1 heterocycles. The molecule has 1 aromatic heterocycles. The topological polar surface area (TPSA) is 69.8 Å². The van der Waals surface area contributed by atoms with Crippen LogP contribution in [0, 0.1) is 6.92 Å². The number of nitrogens with one attached hydrogen (secondary N) is 3. The molecule has 0 atom stereocenters. The number of rotatable bonds is 4. The molecular formula is C14H17ClN4O. The summed E-state index contributed by atoms with van der Waals surface area (Å²) in [7, 11) is 0. The Balaban J connectivity index is 1.95. The lowest BCUT2D eigenvalue weighted by Crippen LogP contribution is -2.19. The maximum atomic E-state index is 11.8. The first-order chi connectivity index (χ1) is 9.58. The number of aryl methyl sites for hydroxylation is 2. The molecule has 5 nitrogen and oxygen atoms in total.